The van der Waals surface area contributed by atoms with Gasteiger partial charge in [0.15, 0.2) is 0 Å². The summed E-state index contributed by atoms with van der Waals surface area (Å²) >= 11 is 7.03. The van der Waals surface area contributed by atoms with E-state index in [0.717, 1.165) is 94.5 Å². The first-order valence-corrected chi connectivity index (χ1v) is 27.9. The lowest BCUT2D eigenvalue weighted by Crippen LogP contribution is -2.36. The number of pyridine rings is 2. The summed E-state index contributed by atoms with van der Waals surface area (Å²) in [5.41, 5.74) is 9.52. The van der Waals surface area contributed by atoms with Gasteiger partial charge in [0.1, 0.15) is 11.6 Å². The molecule has 0 spiro atoms. The van der Waals surface area contributed by atoms with Crippen molar-refractivity contribution >= 4 is 69.8 Å². The van der Waals surface area contributed by atoms with Crippen LogP contribution in [0.25, 0.3) is 22.5 Å². The number of nitrogens with one attached hydrogen (secondary N) is 4. The van der Waals surface area contributed by atoms with Crippen molar-refractivity contribution in [1.29, 1.82) is 0 Å². The van der Waals surface area contributed by atoms with E-state index in [1.165, 1.54) is 39.2 Å². The van der Waals surface area contributed by atoms with Gasteiger partial charge in [0.25, 0.3) is 0 Å². The number of fused-ring (bicyclic) bond motifs is 4. The van der Waals surface area contributed by atoms with Gasteiger partial charge in [0.05, 0.1) is 61.3 Å². The summed E-state index contributed by atoms with van der Waals surface area (Å²) in [5, 5.41) is 7.15. The molecule has 18 heteroatoms. The van der Waals surface area contributed by atoms with E-state index in [-0.39, 0.29) is 23.2 Å². The van der Waals surface area contributed by atoms with Crippen molar-refractivity contribution in [3.63, 3.8) is 0 Å². The fourth-order valence-corrected chi connectivity index (χ4v) is 14.1. The molecule has 12 rings (SSSR count). The van der Waals surface area contributed by atoms with Crippen LogP contribution in [0.15, 0.2) is 170 Å². The van der Waals surface area contributed by atoms with Crippen molar-refractivity contribution < 1.29 is 9.47 Å². The van der Waals surface area contributed by atoms with Crippen LogP contribution in [0.1, 0.15) is 49.0 Å². The molecule has 2 fully saturated rings. The molecule has 4 aliphatic rings. The van der Waals surface area contributed by atoms with Crippen LogP contribution in [0.3, 0.4) is 0 Å². The molecule has 376 valence electrons. The summed E-state index contributed by atoms with van der Waals surface area (Å²) in [6.45, 7) is 13.9. The Balaban J connectivity index is 0.000000159. The fraction of sp³-hybridized carbons (Fsp3) is 0.250. The number of hydrogen-bond donors (Lipinski definition) is 4. The van der Waals surface area contributed by atoms with E-state index in [4.69, 9.17) is 9.47 Å². The predicted molar refractivity (Wildman–Crippen MR) is 298 cm³/mol. The molecule has 0 saturated carbocycles. The second-order valence-electron chi connectivity index (χ2n) is 18.2. The van der Waals surface area contributed by atoms with E-state index in [9.17, 15) is 9.59 Å². The molecule has 0 radical (unpaired) electrons. The molecule has 4 aromatic heterocycles. The van der Waals surface area contributed by atoms with Crippen LogP contribution >= 0.6 is 47.0 Å². The van der Waals surface area contributed by atoms with Gasteiger partial charge in [-0.1, -0.05) is 71.3 Å². The number of ether oxygens (including phenoxy) is 2. The molecule has 74 heavy (non-hydrogen) atoms. The van der Waals surface area contributed by atoms with E-state index in [0.29, 0.717) is 26.4 Å². The van der Waals surface area contributed by atoms with Gasteiger partial charge in [-0.25, -0.2) is 19.9 Å². The second-order valence-corrected chi connectivity index (χ2v) is 22.5. The molecule has 14 nitrogen and oxygen atoms in total. The lowest BCUT2D eigenvalue weighted by Gasteiger charge is -2.29. The SMILES string of the molecule is Cc1nccc(C(C)Nc2ccc3c(c2)Sc2cccc(-c4cc(N5CCOCC5)cc(=O)[nH]4)c2S3)n1.Cc1nccc(C(C)Nc2ccc3c(c2)Sc2cccc(-c4cc(N5CCOCC5)cc(=O)[nH]4)c2S3)n1. The number of anilines is 4. The molecule has 4 aromatic carbocycles. The fourth-order valence-electron chi connectivity index (χ4n) is 9.24. The van der Waals surface area contributed by atoms with Crippen LogP contribution in [-0.4, -0.2) is 82.5 Å². The van der Waals surface area contributed by atoms with Crippen molar-refractivity contribution in [2.24, 2.45) is 0 Å². The Kier molecular flexibility index (Phi) is 14.8. The number of morpholine rings is 2. The van der Waals surface area contributed by atoms with Crippen LogP contribution in [0.5, 0.6) is 0 Å². The minimum Gasteiger partial charge on any atom is -0.378 e. The molecule has 2 atom stereocenters. The third-order valence-electron chi connectivity index (χ3n) is 12.9. The van der Waals surface area contributed by atoms with Gasteiger partial charge in [-0.2, -0.15) is 0 Å². The van der Waals surface area contributed by atoms with Crippen molar-refractivity contribution in [1.82, 2.24) is 29.9 Å². The molecular formula is C56H54N10O4S4. The Labute approximate surface area is 446 Å². The maximum absolute atomic E-state index is 12.6. The Morgan fingerprint density at radius 3 is 1.36 bits per heavy atom. The van der Waals surface area contributed by atoms with Gasteiger partial charge >= 0.3 is 0 Å². The van der Waals surface area contributed by atoms with Crippen molar-refractivity contribution in [2.45, 2.75) is 78.9 Å². The third kappa shape index (κ3) is 11.3. The Bertz CT molecular complexity index is 3260. The Hall–Kier alpha value is -6.54. The molecule has 8 aromatic rings. The maximum Gasteiger partial charge on any atom is 0.250 e. The normalized spacial score (nSPS) is 15.6. The highest BCUT2D eigenvalue weighted by Gasteiger charge is 2.25. The summed E-state index contributed by atoms with van der Waals surface area (Å²) in [4.78, 5) is 62.8. The average molecular weight is 1060 g/mol. The monoisotopic (exact) mass is 1060 g/mol. The minimum atomic E-state index is -0.0887. The first-order chi connectivity index (χ1) is 36.1. The van der Waals surface area contributed by atoms with E-state index in [1.807, 2.05) is 26.0 Å². The number of aromatic nitrogens is 6. The minimum absolute atomic E-state index is 0.0652. The zero-order valence-electron chi connectivity index (χ0n) is 41.3. The zero-order chi connectivity index (χ0) is 50.7. The highest BCUT2D eigenvalue weighted by molar-refractivity contribution is 8.05. The lowest BCUT2D eigenvalue weighted by molar-refractivity contribution is 0.122. The van der Waals surface area contributed by atoms with Crippen molar-refractivity contribution in [3.05, 3.63) is 165 Å². The summed E-state index contributed by atoms with van der Waals surface area (Å²) in [6, 6.07) is 37.1. The molecule has 2 unspecified atom stereocenters. The quantitative estimate of drug-likeness (QED) is 0.102. The van der Waals surface area contributed by atoms with Crippen LogP contribution in [0.4, 0.5) is 22.7 Å². The van der Waals surface area contributed by atoms with Gasteiger partial charge in [0.2, 0.25) is 11.1 Å². The molecule has 4 aliphatic heterocycles. The summed E-state index contributed by atoms with van der Waals surface area (Å²) in [7, 11) is 0. The van der Waals surface area contributed by atoms with Crippen LogP contribution in [0.2, 0.25) is 0 Å². The third-order valence-corrected chi connectivity index (χ3v) is 18.1. The van der Waals surface area contributed by atoms with Gasteiger partial charge < -0.3 is 39.9 Å². The summed E-state index contributed by atoms with van der Waals surface area (Å²) < 4.78 is 11.0. The largest absolute Gasteiger partial charge is 0.378 e. The number of aromatic amines is 2. The Morgan fingerprint density at radius 1 is 0.514 bits per heavy atom. The first-order valence-electron chi connectivity index (χ1n) is 24.6. The number of benzene rings is 4. The first kappa shape index (κ1) is 49.7. The van der Waals surface area contributed by atoms with Gasteiger partial charge in [-0.15, -0.1) is 0 Å². The van der Waals surface area contributed by atoms with Crippen LogP contribution in [-0.2, 0) is 9.47 Å². The van der Waals surface area contributed by atoms with E-state index < -0.39 is 0 Å². The smallest absolute Gasteiger partial charge is 0.250 e. The lowest BCUT2D eigenvalue weighted by atomic mass is 10.1. The molecule has 8 heterocycles. The van der Waals surface area contributed by atoms with Gasteiger partial charge in [-0.05, 0) is 100 Å². The Morgan fingerprint density at radius 2 is 0.946 bits per heavy atom. The highest BCUT2D eigenvalue weighted by atomic mass is 32.2. The summed E-state index contributed by atoms with van der Waals surface area (Å²) in [5.74, 6) is 1.54. The molecule has 0 bridgehead atoms. The highest BCUT2D eigenvalue weighted by Crippen LogP contribution is 2.54. The number of H-pyrrole nitrogens is 2. The second kappa shape index (κ2) is 22.1. The van der Waals surface area contributed by atoms with Crippen LogP contribution in [0, 0.1) is 13.8 Å². The molecule has 4 N–H and O–H groups in total. The van der Waals surface area contributed by atoms with Gasteiger partial charge in [0, 0.05) is 124 Å². The van der Waals surface area contributed by atoms with Crippen LogP contribution < -0.4 is 31.6 Å². The van der Waals surface area contributed by atoms with E-state index in [1.54, 1.807) is 71.6 Å². The number of nitrogens with zero attached hydrogens (tertiary/aromatic N) is 6. The molecule has 2 saturated heterocycles. The van der Waals surface area contributed by atoms with Crippen molar-refractivity contribution in [3.8, 4) is 22.5 Å². The molecule has 0 amide bonds. The number of hydrogen-bond acceptors (Lipinski definition) is 16. The molecular weight excluding hydrogens is 1000 g/mol. The van der Waals surface area contributed by atoms with E-state index >= 15 is 0 Å². The van der Waals surface area contributed by atoms with E-state index in [2.05, 4.69) is 149 Å². The summed E-state index contributed by atoms with van der Waals surface area (Å²) in [6.07, 6.45) is 3.60. The predicted octanol–water partition coefficient (Wildman–Crippen LogP) is 11.5. The van der Waals surface area contributed by atoms with Gasteiger partial charge in [-0.3, -0.25) is 9.59 Å². The zero-order valence-corrected chi connectivity index (χ0v) is 44.6. The standard InChI is InChI=1S/2C28H27N5O2S2/c2*1-17(22-8-9-29-18(2)31-22)30-19-6-7-24-26(14-19)36-25-5-3-4-21(28(25)37-24)23-15-20(16-27(34)32-23)33-10-12-35-13-11-33/h2*3-9,14-17,30H,10-13H2,1-2H3,(H,32,34). The number of aryl methyl sites for hydroxylation is 2. The molecule has 0 aliphatic carbocycles. The van der Waals surface area contributed by atoms with Crippen molar-refractivity contribution in [2.75, 3.05) is 73.0 Å². The topological polar surface area (TPSA) is 166 Å². The number of rotatable bonds is 10. The maximum atomic E-state index is 12.6. The average Bonchev–Trinajstić information content (AvgIpc) is 3.42.